The van der Waals surface area contributed by atoms with Gasteiger partial charge in [0, 0.05) is 6.42 Å². The summed E-state index contributed by atoms with van der Waals surface area (Å²) < 4.78 is 11.9. The molecule has 0 spiro atoms. The molecule has 0 saturated carbocycles. The largest absolute Gasteiger partial charge is 0.343 e. The van der Waals surface area contributed by atoms with E-state index in [4.69, 9.17) is 9.47 Å². The fraction of sp³-hybridized carbons (Fsp3) is 0.571. The van der Waals surface area contributed by atoms with Gasteiger partial charge in [-0.15, -0.1) is 0 Å². The topological polar surface area (TPSA) is 18.5 Å². The van der Waals surface area contributed by atoms with Gasteiger partial charge in [-0.3, -0.25) is 0 Å². The molecule has 1 heterocycles. The van der Waals surface area contributed by atoms with Crippen molar-refractivity contribution in [1.82, 2.24) is 0 Å². The van der Waals surface area contributed by atoms with Crippen LogP contribution in [0.5, 0.6) is 0 Å². The molecular weight excluding hydrogens is 200 g/mol. The highest BCUT2D eigenvalue weighted by Crippen LogP contribution is 2.39. The summed E-state index contributed by atoms with van der Waals surface area (Å²) in [7, 11) is 0. The van der Waals surface area contributed by atoms with Crippen LogP contribution in [0.2, 0.25) is 0 Å². The summed E-state index contributed by atoms with van der Waals surface area (Å²) in [5.41, 5.74) is 0.791. The van der Waals surface area contributed by atoms with Crippen LogP contribution in [0.15, 0.2) is 30.3 Å². The van der Waals surface area contributed by atoms with Gasteiger partial charge in [-0.05, 0) is 33.3 Å². The molecule has 0 radical (unpaired) electrons. The van der Waals surface area contributed by atoms with Gasteiger partial charge in [-0.2, -0.15) is 0 Å². The second kappa shape index (κ2) is 3.86. The van der Waals surface area contributed by atoms with Crippen LogP contribution in [-0.4, -0.2) is 17.5 Å². The third-order valence-electron chi connectivity index (χ3n) is 3.55. The van der Waals surface area contributed by atoms with Crippen LogP contribution in [0.4, 0.5) is 0 Å². The van der Waals surface area contributed by atoms with Crippen LogP contribution < -0.4 is 0 Å². The Kier molecular flexibility index (Phi) is 2.81. The minimum atomic E-state index is -0.230. The monoisotopic (exact) mass is 220 g/mol. The van der Waals surface area contributed by atoms with Gasteiger partial charge < -0.3 is 9.47 Å². The maximum absolute atomic E-state index is 5.95. The molecule has 1 aromatic carbocycles. The van der Waals surface area contributed by atoms with Crippen molar-refractivity contribution < 1.29 is 9.47 Å². The molecule has 1 fully saturated rings. The molecule has 16 heavy (non-hydrogen) atoms. The summed E-state index contributed by atoms with van der Waals surface area (Å²) in [6, 6.07) is 10.3. The smallest absolute Gasteiger partial charge is 0.163 e. The van der Waals surface area contributed by atoms with Gasteiger partial charge in [0.2, 0.25) is 0 Å². The maximum Gasteiger partial charge on any atom is 0.163 e. The zero-order chi connectivity index (χ0) is 11.8. The summed E-state index contributed by atoms with van der Waals surface area (Å²) >= 11 is 0. The van der Waals surface area contributed by atoms with Gasteiger partial charge in [0.15, 0.2) is 6.29 Å². The molecule has 1 aliphatic heterocycles. The van der Waals surface area contributed by atoms with Crippen LogP contribution in [-0.2, 0) is 15.9 Å². The Balaban J connectivity index is 2.05. The Morgan fingerprint density at radius 1 is 0.938 bits per heavy atom. The first-order chi connectivity index (χ1) is 7.41. The van der Waals surface area contributed by atoms with Crippen LogP contribution in [0.3, 0.4) is 0 Å². The zero-order valence-electron chi connectivity index (χ0n) is 10.5. The van der Waals surface area contributed by atoms with E-state index >= 15 is 0 Å². The third-order valence-corrected chi connectivity index (χ3v) is 3.55. The van der Waals surface area contributed by atoms with Gasteiger partial charge >= 0.3 is 0 Å². The first kappa shape index (κ1) is 11.6. The summed E-state index contributed by atoms with van der Waals surface area (Å²) in [5.74, 6) is 0. The second-order valence-corrected chi connectivity index (χ2v) is 5.38. The quantitative estimate of drug-likeness (QED) is 0.762. The molecule has 0 aliphatic carbocycles. The van der Waals surface area contributed by atoms with Crippen molar-refractivity contribution in [3.05, 3.63) is 35.9 Å². The highest BCUT2D eigenvalue weighted by molar-refractivity contribution is 5.15. The van der Waals surface area contributed by atoms with Gasteiger partial charge in [0.05, 0.1) is 11.2 Å². The Morgan fingerprint density at radius 3 is 1.94 bits per heavy atom. The Labute approximate surface area is 97.6 Å². The molecule has 1 aliphatic rings. The molecule has 2 heteroatoms. The lowest BCUT2D eigenvalue weighted by Crippen LogP contribution is -2.41. The van der Waals surface area contributed by atoms with E-state index in [1.54, 1.807) is 0 Å². The molecule has 88 valence electrons. The Hall–Kier alpha value is -0.860. The normalized spacial score (nSPS) is 23.5. The molecule has 0 bridgehead atoms. The van der Waals surface area contributed by atoms with Crippen molar-refractivity contribution >= 4 is 0 Å². The summed E-state index contributed by atoms with van der Waals surface area (Å²) in [4.78, 5) is 0. The van der Waals surface area contributed by atoms with E-state index in [9.17, 15) is 0 Å². The third kappa shape index (κ3) is 2.13. The number of hydrogen-bond acceptors (Lipinski definition) is 2. The van der Waals surface area contributed by atoms with Crippen molar-refractivity contribution in [1.29, 1.82) is 0 Å². The number of hydrogen-bond donors (Lipinski definition) is 0. The van der Waals surface area contributed by atoms with Gasteiger partial charge in [-0.1, -0.05) is 30.3 Å². The lowest BCUT2D eigenvalue weighted by atomic mass is 9.90. The van der Waals surface area contributed by atoms with Gasteiger partial charge in [0.1, 0.15) is 0 Å². The standard InChI is InChI=1S/C14H20O2/c1-13(2)14(3,4)16-12(15-13)10-11-8-6-5-7-9-11/h5-9,12H,10H2,1-4H3. The van der Waals surface area contributed by atoms with E-state index < -0.39 is 0 Å². The van der Waals surface area contributed by atoms with Gasteiger partial charge in [-0.25, -0.2) is 0 Å². The number of ether oxygens (including phenoxy) is 2. The minimum absolute atomic E-state index is 0.132. The molecule has 0 N–H and O–H groups in total. The van der Waals surface area contributed by atoms with E-state index in [0.29, 0.717) is 0 Å². The van der Waals surface area contributed by atoms with Crippen LogP contribution in [0.1, 0.15) is 33.3 Å². The first-order valence-electron chi connectivity index (χ1n) is 5.80. The molecule has 0 atom stereocenters. The highest BCUT2D eigenvalue weighted by atomic mass is 16.7. The Morgan fingerprint density at radius 2 is 1.44 bits per heavy atom. The molecular formula is C14H20O2. The molecule has 1 saturated heterocycles. The van der Waals surface area contributed by atoms with E-state index in [1.165, 1.54) is 5.56 Å². The summed E-state index contributed by atoms with van der Waals surface area (Å²) in [6.45, 7) is 8.33. The zero-order valence-corrected chi connectivity index (χ0v) is 10.5. The summed E-state index contributed by atoms with van der Waals surface area (Å²) in [5, 5.41) is 0. The fourth-order valence-electron chi connectivity index (χ4n) is 1.85. The van der Waals surface area contributed by atoms with Crippen LogP contribution in [0.25, 0.3) is 0 Å². The number of benzene rings is 1. The lowest BCUT2D eigenvalue weighted by Gasteiger charge is -2.30. The molecule has 0 unspecified atom stereocenters. The van der Waals surface area contributed by atoms with E-state index in [-0.39, 0.29) is 17.5 Å². The Bertz CT molecular complexity index is 338. The number of rotatable bonds is 2. The molecule has 1 aromatic rings. The predicted octanol–water partition coefficient (Wildman–Crippen LogP) is 3.16. The first-order valence-corrected chi connectivity index (χ1v) is 5.80. The van der Waals surface area contributed by atoms with E-state index in [2.05, 4.69) is 39.8 Å². The fourth-order valence-corrected chi connectivity index (χ4v) is 1.85. The van der Waals surface area contributed by atoms with Crippen molar-refractivity contribution in [3.63, 3.8) is 0 Å². The molecule has 2 rings (SSSR count). The van der Waals surface area contributed by atoms with Crippen molar-refractivity contribution in [3.8, 4) is 0 Å². The van der Waals surface area contributed by atoms with Crippen molar-refractivity contribution in [2.45, 2.75) is 51.6 Å². The van der Waals surface area contributed by atoms with Crippen molar-refractivity contribution in [2.24, 2.45) is 0 Å². The molecule has 2 nitrogen and oxygen atoms in total. The highest BCUT2D eigenvalue weighted by Gasteiger charge is 2.48. The van der Waals surface area contributed by atoms with Gasteiger partial charge in [0.25, 0.3) is 0 Å². The average molecular weight is 220 g/mol. The average Bonchev–Trinajstić information content (AvgIpc) is 2.36. The van der Waals surface area contributed by atoms with E-state index in [0.717, 1.165) is 6.42 Å². The predicted molar refractivity (Wildman–Crippen MR) is 64.3 cm³/mol. The summed E-state index contributed by atoms with van der Waals surface area (Å²) in [6.07, 6.45) is 0.681. The molecule has 0 aromatic heterocycles. The maximum atomic E-state index is 5.95. The minimum Gasteiger partial charge on any atom is -0.343 e. The molecule has 0 amide bonds. The van der Waals surface area contributed by atoms with Crippen molar-refractivity contribution in [2.75, 3.05) is 0 Å². The lowest BCUT2D eigenvalue weighted by molar-refractivity contribution is -0.0845. The van der Waals surface area contributed by atoms with Crippen LogP contribution >= 0.6 is 0 Å². The van der Waals surface area contributed by atoms with Crippen LogP contribution in [0, 0.1) is 0 Å². The second-order valence-electron chi connectivity index (χ2n) is 5.38. The van der Waals surface area contributed by atoms with E-state index in [1.807, 2.05) is 18.2 Å². The SMILES string of the molecule is CC1(C)OC(Cc2ccccc2)OC1(C)C.